The van der Waals surface area contributed by atoms with Crippen LogP contribution in [0.2, 0.25) is 0 Å². The van der Waals surface area contributed by atoms with Gasteiger partial charge in [-0.3, -0.25) is 9.59 Å². The van der Waals surface area contributed by atoms with Crippen molar-refractivity contribution in [3.63, 3.8) is 0 Å². The Bertz CT molecular complexity index is 359. The third-order valence-electron chi connectivity index (χ3n) is 4.78. The van der Waals surface area contributed by atoms with Crippen LogP contribution in [0.5, 0.6) is 0 Å². The molecule has 1 amide bonds. The predicted octanol–water partition coefficient (Wildman–Crippen LogP) is 3.21. The molecule has 0 radical (unpaired) electrons. The third-order valence-corrected chi connectivity index (χ3v) is 4.78. The van der Waals surface area contributed by atoms with Crippen LogP contribution < -0.4 is 5.32 Å². The van der Waals surface area contributed by atoms with E-state index < -0.39 is 11.4 Å². The summed E-state index contributed by atoms with van der Waals surface area (Å²) in [5.41, 5.74) is -1.13. The number of hydrogen-bond donors (Lipinski definition) is 2. The number of carboxylic acids is 1. The fourth-order valence-corrected chi connectivity index (χ4v) is 3.17. The van der Waals surface area contributed by atoms with Crippen molar-refractivity contribution in [2.24, 2.45) is 16.7 Å². The maximum atomic E-state index is 12.6. The van der Waals surface area contributed by atoms with Crippen molar-refractivity contribution < 1.29 is 14.7 Å². The first-order valence-electron chi connectivity index (χ1n) is 7.77. The Labute approximate surface area is 122 Å². The van der Waals surface area contributed by atoms with Crippen LogP contribution in [-0.4, -0.2) is 23.5 Å². The van der Waals surface area contributed by atoms with Gasteiger partial charge in [-0.1, -0.05) is 33.6 Å². The molecule has 0 spiro atoms. The van der Waals surface area contributed by atoms with E-state index in [1.165, 1.54) is 0 Å². The third kappa shape index (κ3) is 3.74. The van der Waals surface area contributed by atoms with Gasteiger partial charge in [0.1, 0.15) is 0 Å². The summed E-state index contributed by atoms with van der Waals surface area (Å²) in [4.78, 5) is 23.9. The summed E-state index contributed by atoms with van der Waals surface area (Å²) in [6, 6.07) is 0. The van der Waals surface area contributed by atoms with Gasteiger partial charge in [0, 0.05) is 12.0 Å². The lowest BCUT2D eigenvalue weighted by Gasteiger charge is -2.31. The zero-order valence-corrected chi connectivity index (χ0v) is 13.3. The predicted molar refractivity (Wildman–Crippen MR) is 79.4 cm³/mol. The lowest BCUT2D eigenvalue weighted by Crippen LogP contribution is -2.46. The molecule has 0 aromatic heterocycles. The SMILES string of the molecule is CCC(C)(CNC(=O)C1(CC(C)C)CCCC1)C(=O)O. The van der Waals surface area contributed by atoms with Crippen molar-refractivity contribution in [2.45, 2.75) is 66.2 Å². The largest absolute Gasteiger partial charge is 0.481 e. The van der Waals surface area contributed by atoms with Crippen LogP contribution >= 0.6 is 0 Å². The molecule has 0 bridgehead atoms. The normalized spacial score (nSPS) is 20.6. The van der Waals surface area contributed by atoms with Crippen LogP contribution in [0.25, 0.3) is 0 Å². The maximum Gasteiger partial charge on any atom is 0.311 e. The number of aliphatic carboxylic acids is 1. The molecule has 0 aromatic carbocycles. The zero-order chi connectivity index (χ0) is 15.4. The van der Waals surface area contributed by atoms with Gasteiger partial charge in [-0.25, -0.2) is 0 Å². The minimum Gasteiger partial charge on any atom is -0.481 e. The highest BCUT2D eigenvalue weighted by Gasteiger charge is 2.42. The van der Waals surface area contributed by atoms with E-state index in [4.69, 9.17) is 0 Å². The highest BCUT2D eigenvalue weighted by molar-refractivity contribution is 5.84. The average Bonchev–Trinajstić information content (AvgIpc) is 2.84. The van der Waals surface area contributed by atoms with Crippen LogP contribution in [0.1, 0.15) is 66.2 Å². The molecule has 2 N–H and O–H groups in total. The number of nitrogens with one attached hydrogen (secondary N) is 1. The number of hydrogen-bond acceptors (Lipinski definition) is 2. The molecular formula is C16H29NO3. The minimum atomic E-state index is -0.868. The molecule has 1 saturated carbocycles. The molecule has 0 saturated heterocycles. The monoisotopic (exact) mass is 283 g/mol. The first-order chi connectivity index (χ1) is 9.26. The maximum absolute atomic E-state index is 12.6. The number of amides is 1. The molecule has 1 aliphatic rings. The van der Waals surface area contributed by atoms with Crippen LogP contribution in [-0.2, 0) is 9.59 Å². The van der Waals surface area contributed by atoms with Crippen LogP contribution in [0.15, 0.2) is 0 Å². The first kappa shape index (κ1) is 17.0. The van der Waals surface area contributed by atoms with E-state index in [1.807, 2.05) is 6.92 Å². The second-order valence-electron chi connectivity index (χ2n) is 6.99. The average molecular weight is 283 g/mol. The van der Waals surface area contributed by atoms with Gasteiger partial charge in [-0.15, -0.1) is 0 Å². The number of carbonyl (C=O) groups excluding carboxylic acids is 1. The summed E-state index contributed by atoms with van der Waals surface area (Å²) in [6.07, 6.45) is 5.49. The summed E-state index contributed by atoms with van der Waals surface area (Å²) < 4.78 is 0. The van der Waals surface area contributed by atoms with E-state index in [-0.39, 0.29) is 17.9 Å². The molecule has 0 aliphatic heterocycles. The van der Waals surface area contributed by atoms with Gasteiger partial charge in [0.15, 0.2) is 0 Å². The second-order valence-corrected chi connectivity index (χ2v) is 6.99. The number of carbonyl (C=O) groups is 2. The fraction of sp³-hybridized carbons (Fsp3) is 0.875. The number of rotatable bonds is 7. The molecule has 0 heterocycles. The van der Waals surface area contributed by atoms with Crippen molar-refractivity contribution in [3.8, 4) is 0 Å². The molecule has 1 fully saturated rings. The van der Waals surface area contributed by atoms with Gasteiger partial charge in [0.05, 0.1) is 5.41 Å². The van der Waals surface area contributed by atoms with Crippen molar-refractivity contribution in [1.29, 1.82) is 0 Å². The molecule has 4 heteroatoms. The molecular weight excluding hydrogens is 254 g/mol. The summed E-state index contributed by atoms with van der Waals surface area (Å²) in [7, 11) is 0. The standard InChI is InChI=1S/C16H29NO3/c1-5-15(4,14(19)20)11-17-13(18)16(10-12(2)3)8-6-7-9-16/h12H,5-11H2,1-4H3,(H,17,18)(H,19,20). The molecule has 0 aromatic rings. The highest BCUT2D eigenvalue weighted by Crippen LogP contribution is 2.43. The Morgan fingerprint density at radius 2 is 1.85 bits per heavy atom. The fourth-order valence-electron chi connectivity index (χ4n) is 3.17. The van der Waals surface area contributed by atoms with Gasteiger partial charge >= 0.3 is 5.97 Å². The van der Waals surface area contributed by atoms with Crippen molar-refractivity contribution in [2.75, 3.05) is 6.54 Å². The quantitative estimate of drug-likeness (QED) is 0.754. The molecule has 20 heavy (non-hydrogen) atoms. The summed E-state index contributed by atoms with van der Waals surface area (Å²) in [5.74, 6) is -0.301. The second kappa shape index (κ2) is 6.59. The molecule has 1 atom stereocenters. The van der Waals surface area contributed by atoms with Crippen molar-refractivity contribution in [3.05, 3.63) is 0 Å². The Morgan fingerprint density at radius 3 is 2.25 bits per heavy atom. The summed E-state index contributed by atoms with van der Waals surface area (Å²) in [5, 5.41) is 12.2. The van der Waals surface area contributed by atoms with E-state index in [1.54, 1.807) is 6.92 Å². The highest BCUT2D eigenvalue weighted by atomic mass is 16.4. The number of carboxylic acid groups (broad SMARTS) is 1. The Kier molecular flexibility index (Phi) is 5.60. The van der Waals surface area contributed by atoms with E-state index in [2.05, 4.69) is 19.2 Å². The van der Waals surface area contributed by atoms with Crippen molar-refractivity contribution >= 4 is 11.9 Å². The van der Waals surface area contributed by atoms with Gasteiger partial charge in [-0.05, 0) is 38.5 Å². The lowest BCUT2D eigenvalue weighted by molar-refractivity contribution is -0.148. The smallest absolute Gasteiger partial charge is 0.311 e. The Morgan fingerprint density at radius 1 is 1.30 bits per heavy atom. The molecule has 4 nitrogen and oxygen atoms in total. The van der Waals surface area contributed by atoms with Gasteiger partial charge in [0.25, 0.3) is 0 Å². The lowest BCUT2D eigenvalue weighted by atomic mass is 9.77. The zero-order valence-electron chi connectivity index (χ0n) is 13.3. The van der Waals surface area contributed by atoms with Crippen LogP contribution in [0.4, 0.5) is 0 Å². The van der Waals surface area contributed by atoms with Crippen molar-refractivity contribution in [1.82, 2.24) is 5.32 Å². The Balaban J connectivity index is 2.70. The van der Waals surface area contributed by atoms with Gasteiger partial charge in [-0.2, -0.15) is 0 Å². The van der Waals surface area contributed by atoms with E-state index in [0.717, 1.165) is 32.1 Å². The molecule has 1 rings (SSSR count). The Hall–Kier alpha value is -1.06. The van der Waals surface area contributed by atoms with Crippen LogP contribution in [0.3, 0.4) is 0 Å². The van der Waals surface area contributed by atoms with E-state index >= 15 is 0 Å². The summed E-state index contributed by atoms with van der Waals surface area (Å²) in [6.45, 7) is 8.04. The molecule has 116 valence electrons. The van der Waals surface area contributed by atoms with Gasteiger partial charge in [0.2, 0.25) is 5.91 Å². The molecule has 1 aliphatic carbocycles. The van der Waals surface area contributed by atoms with E-state index in [0.29, 0.717) is 12.3 Å². The topological polar surface area (TPSA) is 66.4 Å². The molecule has 1 unspecified atom stereocenters. The van der Waals surface area contributed by atoms with E-state index in [9.17, 15) is 14.7 Å². The first-order valence-corrected chi connectivity index (χ1v) is 7.77. The minimum absolute atomic E-state index is 0.0598. The summed E-state index contributed by atoms with van der Waals surface area (Å²) >= 11 is 0. The van der Waals surface area contributed by atoms with Crippen LogP contribution in [0, 0.1) is 16.7 Å². The van der Waals surface area contributed by atoms with Gasteiger partial charge < -0.3 is 10.4 Å².